The predicted octanol–water partition coefficient (Wildman–Crippen LogP) is 4.59. The van der Waals surface area contributed by atoms with Gasteiger partial charge in [0, 0.05) is 5.56 Å². The number of aromatic nitrogens is 1. The van der Waals surface area contributed by atoms with Crippen molar-refractivity contribution in [2.24, 2.45) is 0 Å². The van der Waals surface area contributed by atoms with Gasteiger partial charge in [-0.05, 0) is 38.2 Å². The van der Waals surface area contributed by atoms with Crippen LogP contribution < -0.4 is 0 Å². The fourth-order valence-electron chi connectivity index (χ4n) is 2.80. The molecule has 1 heterocycles. The molecule has 0 bridgehead atoms. The van der Waals surface area contributed by atoms with Gasteiger partial charge < -0.3 is 4.90 Å². The number of pyridine rings is 1. The summed E-state index contributed by atoms with van der Waals surface area (Å²) >= 11 is 0. The fourth-order valence-corrected chi connectivity index (χ4v) is 2.80. The molecule has 3 rings (SSSR count). The summed E-state index contributed by atoms with van der Waals surface area (Å²) in [5.74, 6) is 0. The van der Waals surface area contributed by atoms with Crippen molar-refractivity contribution in [3.63, 3.8) is 0 Å². The maximum Gasteiger partial charge on any atom is 0.0706 e. The van der Waals surface area contributed by atoms with Gasteiger partial charge in [0.25, 0.3) is 0 Å². The summed E-state index contributed by atoms with van der Waals surface area (Å²) in [6.45, 7) is 0. The largest absolute Gasteiger partial charge is 0.301 e. The van der Waals surface area contributed by atoms with Crippen molar-refractivity contribution in [2.75, 3.05) is 14.1 Å². The zero-order chi connectivity index (χ0) is 16.1. The van der Waals surface area contributed by atoms with Gasteiger partial charge in [-0.3, -0.25) is 4.98 Å². The summed E-state index contributed by atoms with van der Waals surface area (Å²) in [6, 6.07) is 27.5. The summed E-state index contributed by atoms with van der Waals surface area (Å²) in [4.78, 5) is 7.16. The molecule has 2 aromatic carbocycles. The molecule has 23 heavy (non-hydrogen) atoms. The molecule has 0 N–H and O–H groups in total. The monoisotopic (exact) mass is 302 g/mol. The first kappa shape index (κ1) is 15.4. The van der Waals surface area contributed by atoms with E-state index in [4.69, 9.17) is 4.98 Å². The third-order valence-electron chi connectivity index (χ3n) is 4.08. The van der Waals surface area contributed by atoms with Crippen LogP contribution >= 0.6 is 0 Å². The van der Waals surface area contributed by atoms with Crippen LogP contribution in [0.25, 0.3) is 11.3 Å². The van der Waals surface area contributed by atoms with Crippen LogP contribution in [0.1, 0.15) is 17.3 Å². The normalized spacial score (nSPS) is 12.3. The first-order valence-electron chi connectivity index (χ1n) is 7.97. The molecule has 0 aliphatic carbocycles. The molecule has 116 valence electrons. The summed E-state index contributed by atoms with van der Waals surface area (Å²) in [6.07, 6.45) is 0.957. The van der Waals surface area contributed by atoms with Crippen LogP contribution in [-0.4, -0.2) is 24.0 Å². The first-order chi connectivity index (χ1) is 11.2. The summed E-state index contributed by atoms with van der Waals surface area (Å²) in [5, 5.41) is 0. The molecule has 2 nitrogen and oxygen atoms in total. The Kier molecular flexibility index (Phi) is 4.84. The lowest BCUT2D eigenvalue weighted by molar-refractivity contribution is 0.292. The Labute approximate surface area is 138 Å². The molecule has 0 saturated heterocycles. The second-order valence-electron chi connectivity index (χ2n) is 5.98. The minimum Gasteiger partial charge on any atom is -0.301 e. The third-order valence-corrected chi connectivity index (χ3v) is 4.08. The Balaban J connectivity index is 1.91. The van der Waals surface area contributed by atoms with E-state index in [9.17, 15) is 0 Å². The van der Waals surface area contributed by atoms with Crippen LogP contribution in [0.3, 0.4) is 0 Å². The summed E-state index contributed by atoms with van der Waals surface area (Å²) in [5.41, 5.74) is 4.63. The number of hydrogen-bond acceptors (Lipinski definition) is 2. The molecule has 3 aromatic rings. The number of hydrogen-bond donors (Lipinski definition) is 0. The van der Waals surface area contributed by atoms with Crippen molar-refractivity contribution < 1.29 is 0 Å². The molecule has 0 spiro atoms. The van der Waals surface area contributed by atoms with Gasteiger partial charge >= 0.3 is 0 Å². The molecule has 0 amide bonds. The van der Waals surface area contributed by atoms with Gasteiger partial charge in [0.05, 0.1) is 17.4 Å². The standard InChI is InChI=1S/C21H22N2/c1-23(2)21(16-17-10-5-3-6-11-17)20-15-9-14-19(22-20)18-12-7-4-8-13-18/h3-15,21H,16H2,1-2H3. The molecular weight excluding hydrogens is 280 g/mol. The van der Waals surface area contributed by atoms with Crippen molar-refractivity contribution in [3.05, 3.63) is 90.1 Å². The first-order valence-corrected chi connectivity index (χ1v) is 7.97. The predicted molar refractivity (Wildman–Crippen MR) is 96.2 cm³/mol. The summed E-state index contributed by atoms with van der Waals surface area (Å²) in [7, 11) is 4.23. The topological polar surface area (TPSA) is 16.1 Å². The average molecular weight is 302 g/mol. The van der Waals surface area contributed by atoms with E-state index in [0.717, 1.165) is 23.4 Å². The lowest BCUT2D eigenvalue weighted by Gasteiger charge is -2.24. The quantitative estimate of drug-likeness (QED) is 0.685. The minimum absolute atomic E-state index is 0.265. The van der Waals surface area contributed by atoms with Crippen LogP contribution in [0.15, 0.2) is 78.9 Å². The number of likely N-dealkylation sites (N-methyl/N-ethyl adjacent to an activating group) is 1. The second-order valence-corrected chi connectivity index (χ2v) is 5.98. The Morgan fingerprint density at radius 2 is 1.43 bits per heavy atom. The lowest BCUT2D eigenvalue weighted by atomic mass is 10.0. The highest BCUT2D eigenvalue weighted by atomic mass is 15.1. The molecule has 2 heteroatoms. The van der Waals surface area contributed by atoms with E-state index in [-0.39, 0.29) is 6.04 Å². The summed E-state index contributed by atoms with van der Waals surface area (Å²) < 4.78 is 0. The van der Waals surface area contributed by atoms with Crippen LogP contribution in [0.5, 0.6) is 0 Å². The molecule has 0 fully saturated rings. The smallest absolute Gasteiger partial charge is 0.0706 e. The van der Waals surface area contributed by atoms with Crippen molar-refractivity contribution in [3.8, 4) is 11.3 Å². The Morgan fingerprint density at radius 3 is 2.09 bits per heavy atom. The van der Waals surface area contributed by atoms with Crippen molar-refractivity contribution in [1.82, 2.24) is 9.88 Å². The van der Waals surface area contributed by atoms with Gasteiger partial charge in [-0.2, -0.15) is 0 Å². The Morgan fingerprint density at radius 1 is 0.783 bits per heavy atom. The molecule has 0 aliphatic heterocycles. The SMILES string of the molecule is CN(C)C(Cc1ccccc1)c1cccc(-c2ccccc2)n1. The molecule has 1 atom stereocenters. The van der Waals surface area contributed by atoms with Gasteiger partial charge in [-0.1, -0.05) is 66.7 Å². The van der Waals surface area contributed by atoms with Crippen LogP contribution in [-0.2, 0) is 6.42 Å². The van der Waals surface area contributed by atoms with E-state index in [1.54, 1.807) is 0 Å². The molecular formula is C21H22N2. The van der Waals surface area contributed by atoms with Crippen molar-refractivity contribution in [2.45, 2.75) is 12.5 Å². The van der Waals surface area contributed by atoms with Crippen LogP contribution in [0, 0.1) is 0 Å². The van der Waals surface area contributed by atoms with E-state index in [1.165, 1.54) is 5.56 Å². The van der Waals surface area contributed by atoms with E-state index >= 15 is 0 Å². The van der Waals surface area contributed by atoms with Gasteiger partial charge in [0.15, 0.2) is 0 Å². The van der Waals surface area contributed by atoms with Gasteiger partial charge in [-0.25, -0.2) is 0 Å². The highest BCUT2D eigenvalue weighted by Crippen LogP contribution is 2.24. The van der Waals surface area contributed by atoms with Crippen LogP contribution in [0.2, 0.25) is 0 Å². The lowest BCUT2D eigenvalue weighted by Crippen LogP contribution is -2.23. The van der Waals surface area contributed by atoms with E-state index in [0.29, 0.717) is 0 Å². The van der Waals surface area contributed by atoms with E-state index in [2.05, 4.69) is 91.8 Å². The van der Waals surface area contributed by atoms with E-state index in [1.807, 2.05) is 6.07 Å². The second kappa shape index (κ2) is 7.21. The highest BCUT2D eigenvalue weighted by molar-refractivity contribution is 5.58. The molecule has 0 saturated carbocycles. The van der Waals surface area contributed by atoms with Crippen molar-refractivity contribution in [1.29, 1.82) is 0 Å². The number of nitrogens with zero attached hydrogens (tertiary/aromatic N) is 2. The molecule has 0 radical (unpaired) electrons. The maximum atomic E-state index is 4.92. The third kappa shape index (κ3) is 3.85. The number of benzene rings is 2. The Hall–Kier alpha value is -2.45. The molecule has 0 aliphatic rings. The van der Waals surface area contributed by atoms with Gasteiger partial charge in [0.2, 0.25) is 0 Å². The Bertz CT molecular complexity index is 736. The molecule has 1 aromatic heterocycles. The van der Waals surface area contributed by atoms with Gasteiger partial charge in [-0.15, -0.1) is 0 Å². The minimum atomic E-state index is 0.265. The maximum absolute atomic E-state index is 4.92. The molecule has 1 unspecified atom stereocenters. The average Bonchev–Trinajstić information content (AvgIpc) is 2.61. The van der Waals surface area contributed by atoms with Gasteiger partial charge in [0.1, 0.15) is 0 Å². The fraction of sp³-hybridized carbons (Fsp3) is 0.190. The van der Waals surface area contributed by atoms with Crippen molar-refractivity contribution >= 4 is 0 Å². The van der Waals surface area contributed by atoms with E-state index < -0.39 is 0 Å². The van der Waals surface area contributed by atoms with Crippen LogP contribution in [0.4, 0.5) is 0 Å². The number of rotatable bonds is 5. The zero-order valence-electron chi connectivity index (χ0n) is 13.7. The zero-order valence-corrected chi connectivity index (χ0v) is 13.7. The highest BCUT2D eigenvalue weighted by Gasteiger charge is 2.16.